The van der Waals surface area contributed by atoms with Crippen LogP contribution in [0.3, 0.4) is 0 Å². The number of hydrogen-bond donors (Lipinski definition) is 0. The molecule has 186 valence electrons. The van der Waals surface area contributed by atoms with E-state index in [4.69, 9.17) is 48.8 Å². The van der Waals surface area contributed by atoms with E-state index in [2.05, 4.69) is 15.1 Å². The Morgan fingerprint density at radius 2 is 2.03 bits per heavy atom. The van der Waals surface area contributed by atoms with Crippen LogP contribution in [0, 0.1) is 0 Å². The van der Waals surface area contributed by atoms with E-state index in [0.717, 1.165) is 16.7 Å². The van der Waals surface area contributed by atoms with Crippen LogP contribution in [-0.2, 0) is 20.4 Å². The van der Waals surface area contributed by atoms with E-state index in [1.807, 2.05) is 0 Å². The van der Waals surface area contributed by atoms with Gasteiger partial charge in [0, 0.05) is 23.8 Å². The van der Waals surface area contributed by atoms with E-state index < -0.39 is 29.7 Å². The second kappa shape index (κ2) is 9.71. The van der Waals surface area contributed by atoms with Crippen molar-refractivity contribution in [3.8, 4) is 11.6 Å². The molecule has 0 amide bonds. The molecule has 14 heteroatoms. The number of rotatable bonds is 6. The summed E-state index contributed by atoms with van der Waals surface area (Å²) >= 11 is 18.7. The van der Waals surface area contributed by atoms with Gasteiger partial charge in [0.05, 0.1) is 28.1 Å². The molecule has 1 aliphatic rings. The van der Waals surface area contributed by atoms with Crippen molar-refractivity contribution in [2.24, 2.45) is 0 Å². The maximum atomic E-state index is 13.1. The lowest BCUT2D eigenvalue weighted by Gasteiger charge is -2.22. The van der Waals surface area contributed by atoms with Gasteiger partial charge in [-0.1, -0.05) is 40.0 Å². The predicted molar refractivity (Wildman–Crippen MR) is 120 cm³/mol. The Kier molecular flexibility index (Phi) is 7.03. The van der Waals surface area contributed by atoms with Gasteiger partial charge in [0.25, 0.3) is 5.89 Å². The van der Waals surface area contributed by atoms with E-state index in [1.165, 1.54) is 19.2 Å². The molecule has 0 spiro atoms. The van der Waals surface area contributed by atoms with Crippen molar-refractivity contribution in [2.45, 2.75) is 38.5 Å². The first-order chi connectivity index (χ1) is 16.5. The molecule has 2 atom stereocenters. The zero-order chi connectivity index (χ0) is 25.5. The van der Waals surface area contributed by atoms with E-state index in [-0.39, 0.29) is 56.9 Å². The summed E-state index contributed by atoms with van der Waals surface area (Å²) in [7, 11) is 0. The summed E-state index contributed by atoms with van der Waals surface area (Å²) < 4.78 is 56.1. The fraction of sp³-hybridized carbons (Fsp3) is 0.333. The van der Waals surface area contributed by atoms with Crippen LogP contribution in [-0.4, -0.2) is 38.2 Å². The van der Waals surface area contributed by atoms with Crippen LogP contribution < -0.4 is 0 Å². The Hall–Kier alpha value is -2.76. The number of alkyl halides is 3. The Labute approximate surface area is 211 Å². The van der Waals surface area contributed by atoms with Crippen LogP contribution in [0.15, 0.2) is 44.9 Å². The molecular weight excluding hydrogens is 536 g/mol. The van der Waals surface area contributed by atoms with Crippen LogP contribution in [0.5, 0.6) is 0 Å². The van der Waals surface area contributed by atoms with Crippen LogP contribution in [0.2, 0.25) is 5.02 Å². The number of imidazole rings is 1. The van der Waals surface area contributed by atoms with Crippen molar-refractivity contribution in [3.63, 3.8) is 0 Å². The lowest BCUT2D eigenvalue weighted by Crippen LogP contribution is -2.24. The van der Waals surface area contributed by atoms with Crippen LogP contribution in [0.4, 0.5) is 13.2 Å². The molecule has 8 nitrogen and oxygen atoms in total. The number of nitrogens with zero attached hydrogens (tertiary/aromatic N) is 4. The first-order valence-electron chi connectivity index (χ1n) is 10.2. The minimum atomic E-state index is -4.58. The zero-order valence-corrected chi connectivity index (χ0v) is 20.3. The van der Waals surface area contributed by atoms with Crippen molar-refractivity contribution in [2.75, 3.05) is 6.61 Å². The summed E-state index contributed by atoms with van der Waals surface area (Å²) in [5.74, 6) is -0.780. The summed E-state index contributed by atoms with van der Waals surface area (Å²) in [6.07, 6.45) is -1.71. The fourth-order valence-corrected chi connectivity index (χ4v) is 4.07. The molecule has 1 unspecified atom stereocenters. The third kappa shape index (κ3) is 5.26. The van der Waals surface area contributed by atoms with Crippen molar-refractivity contribution < 1.29 is 32.0 Å². The van der Waals surface area contributed by atoms with Crippen molar-refractivity contribution in [1.82, 2.24) is 19.5 Å². The first-order valence-corrected chi connectivity index (χ1v) is 11.3. The molecule has 35 heavy (non-hydrogen) atoms. The Morgan fingerprint density at radius 1 is 1.29 bits per heavy atom. The molecule has 0 bridgehead atoms. The van der Waals surface area contributed by atoms with Crippen LogP contribution >= 0.6 is 34.8 Å². The standard InChI is InChI=1S/C21H16Cl3F3N4O4/c1-3-33-20(32)9(2)34-16-6-12(22)11(5-13(16)23)17-29-19(35-30-17)15-8-31-7-10(21(25,26)27)4-14(24)18(31)28-15/h4,6-9,11H,3,5H2,1-2H3/t9-,11?/m1/s1. The molecule has 3 aromatic rings. The number of carbonyl (C=O) groups is 1. The van der Waals surface area contributed by atoms with Gasteiger partial charge in [0.2, 0.25) is 0 Å². The van der Waals surface area contributed by atoms with Gasteiger partial charge < -0.3 is 18.4 Å². The summed E-state index contributed by atoms with van der Waals surface area (Å²) in [5, 5.41) is 4.29. The maximum absolute atomic E-state index is 13.1. The van der Waals surface area contributed by atoms with Gasteiger partial charge in [-0.05, 0) is 26.0 Å². The number of fused-ring (bicyclic) bond motifs is 1. The highest BCUT2D eigenvalue weighted by Crippen LogP contribution is 2.40. The number of ether oxygens (including phenoxy) is 2. The third-order valence-corrected chi connectivity index (χ3v) is 5.97. The van der Waals surface area contributed by atoms with E-state index in [1.54, 1.807) is 6.92 Å². The minimum Gasteiger partial charge on any atom is -0.478 e. The normalized spacial score (nSPS) is 17.5. The largest absolute Gasteiger partial charge is 0.478 e. The van der Waals surface area contributed by atoms with Gasteiger partial charge >= 0.3 is 12.1 Å². The number of aromatic nitrogens is 4. The third-order valence-electron chi connectivity index (χ3n) is 4.98. The second-order valence-electron chi connectivity index (χ2n) is 7.46. The highest BCUT2D eigenvalue weighted by Gasteiger charge is 2.33. The zero-order valence-electron chi connectivity index (χ0n) is 18.1. The first kappa shape index (κ1) is 25.3. The lowest BCUT2D eigenvalue weighted by molar-refractivity contribution is -0.152. The van der Waals surface area contributed by atoms with Gasteiger partial charge in [0.1, 0.15) is 11.5 Å². The Bertz CT molecular complexity index is 1350. The van der Waals surface area contributed by atoms with Gasteiger partial charge in [-0.2, -0.15) is 18.2 Å². The molecule has 4 rings (SSSR count). The number of allylic oxidation sites excluding steroid dienone is 3. The van der Waals surface area contributed by atoms with Crippen molar-refractivity contribution >= 4 is 46.4 Å². The molecule has 0 fully saturated rings. The number of halogens is 6. The van der Waals surface area contributed by atoms with Gasteiger partial charge in [-0.25, -0.2) is 9.78 Å². The number of pyridine rings is 1. The molecule has 3 heterocycles. The number of carbonyl (C=O) groups excluding carboxylic acids is 1. The van der Waals surface area contributed by atoms with E-state index >= 15 is 0 Å². The molecule has 0 saturated heterocycles. The van der Waals surface area contributed by atoms with Crippen molar-refractivity contribution in [3.05, 3.63) is 56.8 Å². The average molecular weight is 552 g/mol. The summed E-state index contributed by atoms with van der Waals surface area (Å²) in [4.78, 5) is 20.3. The fourth-order valence-electron chi connectivity index (χ4n) is 3.29. The lowest BCUT2D eigenvalue weighted by atomic mass is 9.98. The van der Waals surface area contributed by atoms with Gasteiger partial charge in [0.15, 0.2) is 17.6 Å². The topological polar surface area (TPSA) is 91.8 Å². The molecule has 0 N–H and O–H groups in total. The Morgan fingerprint density at radius 3 is 2.71 bits per heavy atom. The number of esters is 1. The molecule has 0 radical (unpaired) electrons. The van der Waals surface area contributed by atoms with Gasteiger partial charge in [-0.3, -0.25) is 0 Å². The van der Waals surface area contributed by atoms with Crippen LogP contribution in [0.1, 0.15) is 37.6 Å². The summed E-state index contributed by atoms with van der Waals surface area (Å²) in [6.45, 7) is 3.41. The molecule has 0 saturated carbocycles. The molecule has 1 aliphatic carbocycles. The predicted octanol–water partition coefficient (Wildman–Crippen LogP) is 6.09. The quantitative estimate of drug-likeness (QED) is 0.343. The highest BCUT2D eigenvalue weighted by atomic mass is 35.5. The molecule has 3 aromatic heterocycles. The number of hydrogen-bond acceptors (Lipinski definition) is 7. The monoisotopic (exact) mass is 550 g/mol. The SMILES string of the molecule is CCOC(=O)[C@@H](C)OC1=C(Cl)CC(c2noc(-c3cn4cc(C(F)(F)F)cc(Cl)c4n3)n2)C(Cl)=C1. The van der Waals surface area contributed by atoms with E-state index in [9.17, 15) is 18.0 Å². The maximum Gasteiger partial charge on any atom is 0.417 e. The summed E-state index contributed by atoms with van der Waals surface area (Å²) in [6, 6.07) is 0.788. The average Bonchev–Trinajstić information content (AvgIpc) is 3.43. The highest BCUT2D eigenvalue weighted by molar-refractivity contribution is 6.33. The van der Waals surface area contributed by atoms with Crippen LogP contribution in [0.25, 0.3) is 17.2 Å². The van der Waals surface area contributed by atoms with Gasteiger partial charge in [-0.15, -0.1) is 0 Å². The molecule has 0 aromatic carbocycles. The van der Waals surface area contributed by atoms with E-state index in [0.29, 0.717) is 0 Å². The Balaban J connectivity index is 1.56. The minimum absolute atomic E-state index is 0.0455. The second-order valence-corrected chi connectivity index (χ2v) is 8.76. The van der Waals surface area contributed by atoms with Crippen molar-refractivity contribution in [1.29, 1.82) is 0 Å². The molecule has 0 aliphatic heterocycles. The smallest absolute Gasteiger partial charge is 0.417 e. The molecular formula is C21H16Cl3F3N4O4. The summed E-state index contributed by atoms with van der Waals surface area (Å²) in [5.41, 5.74) is -0.718.